The summed E-state index contributed by atoms with van der Waals surface area (Å²) in [4.78, 5) is 0. The number of anilines is 1. The highest BCUT2D eigenvalue weighted by Crippen LogP contribution is 2.12. The number of sulfonamides is 1. The van der Waals surface area contributed by atoms with Crippen LogP contribution >= 0.6 is 0 Å². The maximum Gasteiger partial charge on any atom is 0.215 e. The molecule has 0 bridgehead atoms. The minimum Gasteiger partial charge on any atom is -0.492 e. The zero-order valence-corrected chi connectivity index (χ0v) is 12.2. The van der Waals surface area contributed by atoms with E-state index in [4.69, 9.17) is 10.5 Å². The van der Waals surface area contributed by atoms with Crippen LogP contribution in [-0.2, 0) is 10.0 Å². The highest BCUT2D eigenvalue weighted by atomic mass is 32.2. The zero-order chi connectivity index (χ0) is 14.3. The Kier molecular flexibility index (Phi) is 6.11. The summed E-state index contributed by atoms with van der Waals surface area (Å²) < 4.78 is 31.5. The van der Waals surface area contributed by atoms with Crippen LogP contribution in [0.3, 0.4) is 0 Å². The van der Waals surface area contributed by atoms with Gasteiger partial charge in [-0.2, -0.15) is 0 Å². The molecule has 1 atom stereocenters. The van der Waals surface area contributed by atoms with Gasteiger partial charge >= 0.3 is 0 Å². The first kappa shape index (κ1) is 15.8. The molecular weight excluding hydrogens is 264 g/mol. The van der Waals surface area contributed by atoms with Gasteiger partial charge in [0.2, 0.25) is 10.0 Å². The lowest BCUT2D eigenvalue weighted by atomic mass is 10.2. The van der Waals surface area contributed by atoms with Crippen molar-refractivity contribution in [2.45, 2.75) is 32.7 Å². The second kappa shape index (κ2) is 7.35. The van der Waals surface area contributed by atoms with Crippen LogP contribution in [0.2, 0.25) is 0 Å². The molecule has 0 fully saturated rings. The molecule has 108 valence electrons. The van der Waals surface area contributed by atoms with E-state index in [0.717, 1.165) is 12.8 Å². The molecule has 0 aromatic heterocycles. The van der Waals surface area contributed by atoms with Crippen molar-refractivity contribution in [2.24, 2.45) is 0 Å². The Balaban J connectivity index is 2.37. The summed E-state index contributed by atoms with van der Waals surface area (Å²) in [5.41, 5.74) is 6.19. The topological polar surface area (TPSA) is 81.4 Å². The molecular formula is C13H22N2O3S. The lowest BCUT2D eigenvalue weighted by molar-refractivity contribution is 0.340. The normalized spacial score (nSPS) is 13.2. The van der Waals surface area contributed by atoms with Gasteiger partial charge in [-0.05, 0) is 37.6 Å². The Morgan fingerprint density at radius 1 is 1.32 bits per heavy atom. The van der Waals surface area contributed by atoms with E-state index in [1.54, 1.807) is 24.3 Å². The molecule has 0 aliphatic rings. The molecule has 1 aromatic rings. The average molecular weight is 286 g/mol. The van der Waals surface area contributed by atoms with Gasteiger partial charge in [-0.25, -0.2) is 13.1 Å². The van der Waals surface area contributed by atoms with Gasteiger partial charge in [-0.1, -0.05) is 13.3 Å². The van der Waals surface area contributed by atoms with Crippen LogP contribution in [0.25, 0.3) is 0 Å². The van der Waals surface area contributed by atoms with Crippen LogP contribution in [0.1, 0.15) is 26.7 Å². The van der Waals surface area contributed by atoms with E-state index < -0.39 is 10.0 Å². The molecule has 0 aliphatic heterocycles. The van der Waals surface area contributed by atoms with Crippen molar-refractivity contribution in [3.63, 3.8) is 0 Å². The first-order valence-corrected chi connectivity index (χ1v) is 8.06. The van der Waals surface area contributed by atoms with Crippen molar-refractivity contribution in [1.29, 1.82) is 0 Å². The lowest BCUT2D eigenvalue weighted by Gasteiger charge is -2.13. The van der Waals surface area contributed by atoms with E-state index in [-0.39, 0.29) is 18.4 Å². The van der Waals surface area contributed by atoms with Crippen molar-refractivity contribution >= 4 is 15.7 Å². The highest BCUT2D eigenvalue weighted by Gasteiger charge is 2.13. The third kappa shape index (κ3) is 6.45. The maximum absolute atomic E-state index is 11.7. The summed E-state index contributed by atoms with van der Waals surface area (Å²) in [5, 5.41) is 0. The van der Waals surface area contributed by atoms with Crippen molar-refractivity contribution < 1.29 is 13.2 Å². The Morgan fingerprint density at radius 3 is 2.53 bits per heavy atom. The fourth-order valence-corrected chi connectivity index (χ4v) is 2.84. The molecule has 6 heteroatoms. The van der Waals surface area contributed by atoms with Gasteiger partial charge in [0.15, 0.2) is 0 Å². The largest absolute Gasteiger partial charge is 0.492 e. The Morgan fingerprint density at radius 2 is 1.95 bits per heavy atom. The predicted octanol–water partition coefficient (Wildman–Crippen LogP) is 1.76. The smallest absolute Gasteiger partial charge is 0.215 e. The van der Waals surface area contributed by atoms with Gasteiger partial charge in [-0.3, -0.25) is 0 Å². The first-order chi connectivity index (χ1) is 8.93. The minimum atomic E-state index is -3.28. The molecule has 0 aliphatic carbocycles. The van der Waals surface area contributed by atoms with Crippen LogP contribution in [0.4, 0.5) is 5.69 Å². The zero-order valence-electron chi connectivity index (χ0n) is 11.4. The summed E-state index contributed by atoms with van der Waals surface area (Å²) in [6.07, 6.45) is 1.78. The predicted molar refractivity (Wildman–Crippen MR) is 77.6 cm³/mol. The summed E-state index contributed by atoms with van der Waals surface area (Å²) in [5.74, 6) is 0.567. The lowest BCUT2D eigenvalue weighted by Crippen LogP contribution is -2.35. The minimum absolute atomic E-state index is 0.0356. The maximum atomic E-state index is 11.7. The molecule has 19 heavy (non-hydrogen) atoms. The van der Waals surface area contributed by atoms with Crippen molar-refractivity contribution in [3.05, 3.63) is 24.3 Å². The monoisotopic (exact) mass is 286 g/mol. The highest BCUT2D eigenvalue weighted by molar-refractivity contribution is 7.89. The third-order valence-electron chi connectivity index (χ3n) is 2.60. The number of nitrogens with two attached hydrogens (primary N) is 1. The van der Waals surface area contributed by atoms with E-state index in [2.05, 4.69) is 4.72 Å². The molecule has 0 heterocycles. The second-order valence-corrected chi connectivity index (χ2v) is 6.42. The molecule has 0 saturated heterocycles. The van der Waals surface area contributed by atoms with Gasteiger partial charge < -0.3 is 10.5 Å². The molecule has 1 rings (SSSR count). The van der Waals surface area contributed by atoms with Gasteiger partial charge in [0.25, 0.3) is 0 Å². The van der Waals surface area contributed by atoms with E-state index in [1.807, 2.05) is 13.8 Å². The van der Waals surface area contributed by atoms with Gasteiger partial charge in [-0.15, -0.1) is 0 Å². The number of hydrogen-bond acceptors (Lipinski definition) is 4. The van der Waals surface area contributed by atoms with E-state index in [9.17, 15) is 8.42 Å². The molecule has 0 saturated carbocycles. The number of benzene rings is 1. The Hall–Kier alpha value is -1.27. The van der Waals surface area contributed by atoms with Gasteiger partial charge in [0.1, 0.15) is 12.4 Å². The average Bonchev–Trinajstić information content (AvgIpc) is 2.31. The molecule has 5 nitrogen and oxygen atoms in total. The SMILES string of the molecule is CCCC(C)NS(=O)(=O)CCOc1ccc(N)cc1. The molecule has 1 aromatic carbocycles. The molecule has 0 radical (unpaired) electrons. The van der Waals surface area contributed by atoms with Gasteiger partial charge in [0.05, 0.1) is 5.75 Å². The second-order valence-electron chi connectivity index (χ2n) is 4.54. The summed E-state index contributed by atoms with van der Waals surface area (Å²) in [6, 6.07) is 6.83. The van der Waals surface area contributed by atoms with Gasteiger partial charge in [0, 0.05) is 11.7 Å². The first-order valence-electron chi connectivity index (χ1n) is 6.41. The fraction of sp³-hybridized carbons (Fsp3) is 0.538. The standard InChI is InChI=1S/C13H22N2O3S/c1-3-4-11(2)15-19(16,17)10-9-18-13-7-5-12(14)6-8-13/h5-8,11,15H,3-4,9-10,14H2,1-2H3. The molecule has 0 amide bonds. The van der Waals surface area contributed by atoms with Crippen LogP contribution in [0.15, 0.2) is 24.3 Å². The fourth-order valence-electron chi connectivity index (χ4n) is 1.69. The number of ether oxygens (including phenoxy) is 1. The van der Waals surface area contributed by atoms with Crippen LogP contribution in [0.5, 0.6) is 5.75 Å². The summed E-state index contributed by atoms with van der Waals surface area (Å²) >= 11 is 0. The summed E-state index contributed by atoms with van der Waals surface area (Å²) in [7, 11) is -3.28. The van der Waals surface area contributed by atoms with E-state index in [1.165, 1.54) is 0 Å². The number of hydrogen-bond donors (Lipinski definition) is 2. The number of rotatable bonds is 8. The number of nitrogens with one attached hydrogen (secondary N) is 1. The quantitative estimate of drug-likeness (QED) is 0.713. The number of nitrogen functional groups attached to an aromatic ring is 1. The van der Waals surface area contributed by atoms with Crippen LogP contribution in [0, 0.1) is 0 Å². The molecule has 1 unspecified atom stereocenters. The summed E-state index contributed by atoms with van der Waals surface area (Å²) in [6.45, 7) is 4.01. The van der Waals surface area contributed by atoms with Crippen LogP contribution < -0.4 is 15.2 Å². The molecule has 0 spiro atoms. The van der Waals surface area contributed by atoms with Crippen molar-refractivity contribution in [1.82, 2.24) is 4.72 Å². The van der Waals surface area contributed by atoms with E-state index >= 15 is 0 Å². The Labute approximate surface area is 115 Å². The van der Waals surface area contributed by atoms with E-state index in [0.29, 0.717) is 11.4 Å². The van der Waals surface area contributed by atoms with Crippen LogP contribution in [-0.4, -0.2) is 26.8 Å². The Bertz CT molecular complexity index is 471. The van der Waals surface area contributed by atoms with Crippen molar-refractivity contribution in [2.75, 3.05) is 18.1 Å². The molecule has 3 N–H and O–H groups in total. The van der Waals surface area contributed by atoms with Crippen molar-refractivity contribution in [3.8, 4) is 5.75 Å². The third-order valence-corrected chi connectivity index (χ3v) is 4.07.